The van der Waals surface area contributed by atoms with E-state index in [0.29, 0.717) is 5.56 Å². The summed E-state index contributed by atoms with van der Waals surface area (Å²) in [5, 5.41) is 14.7. The minimum absolute atomic E-state index is 0.269. The lowest BCUT2D eigenvalue weighted by molar-refractivity contribution is -0.159. The Labute approximate surface area is 134 Å². The van der Waals surface area contributed by atoms with Gasteiger partial charge >= 0.3 is 12.1 Å². The van der Waals surface area contributed by atoms with Crippen molar-refractivity contribution in [3.63, 3.8) is 0 Å². The van der Waals surface area contributed by atoms with Crippen molar-refractivity contribution in [3.05, 3.63) is 48.3 Å². The summed E-state index contributed by atoms with van der Waals surface area (Å²) in [7, 11) is 0. The van der Waals surface area contributed by atoms with Gasteiger partial charge in [-0.25, -0.2) is 9.48 Å². The molecule has 1 atom stereocenters. The summed E-state index contributed by atoms with van der Waals surface area (Å²) in [5.74, 6) is -2.56. The van der Waals surface area contributed by atoms with Gasteiger partial charge in [0.05, 0.1) is 24.7 Å². The average Bonchev–Trinajstić information content (AvgIpc) is 2.94. The number of hydrogen-bond donors (Lipinski definition) is 2. The molecule has 0 aliphatic heterocycles. The number of carboxylic acids is 1. The van der Waals surface area contributed by atoms with Crippen molar-refractivity contribution in [2.24, 2.45) is 0 Å². The predicted molar refractivity (Wildman–Crippen MR) is 77.5 cm³/mol. The van der Waals surface area contributed by atoms with Crippen LogP contribution >= 0.6 is 0 Å². The quantitative estimate of drug-likeness (QED) is 0.841. The Kier molecular flexibility index (Phi) is 5.22. The van der Waals surface area contributed by atoms with Crippen molar-refractivity contribution in [1.29, 1.82) is 0 Å². The van der Waals surface area contributed by atoms with E-state index in [1.807, 2.05) is 11.4 Å². The van der Waals surface area contributed by atoms with Crippen molar-refractivity contribution in [2.45, 2.75) is 25.1 Å². The second-order valence-electron chi connectivity index (χ2n) is 5.08. The summed E-state index contributed by atoms with van der Waals surface area (Å²) < 4.78 is 38.4. The van der Waals surface area contributed by atoms with Crippen molar-refractivity contribution < 1.29 is 27.9 Å². The largest absolute Gasteiger partial charge is 0.480 e. The maximum atomic E-state index is 12.3. The fraction of sp³-hybridized carbons (Fsp3) is 0.267. The number of nitrogens with zero attached hydrogens (tertiary/aromatic N) is 2. The number of amides is 1. The third-order valence-electron chi connectivity index (χ3n) is 3.09. The van der Waals surface area contributed by atoms with Crippen LogP contribution in [0.1, 0.15) is 12.0 Å². The Morgan fingerprint density at radius 3 is 2.50 bits per heavy atom. The highest BCUT2D eigenvalue weighted by Crippen LogP contribution is 2.21. The number of halogens is 3. The summed E-state index contributed by atoms with van der Waals surface area (Å²) in [4.78, 5) is 22.6. The summed E-state index contributed by atoms with van der Waals surface area (Å²) >= 11 is 0. The first-order valence-corrected chi connectivity index (χ1v) is 6.92. The highest BCUT2D eigenvalue weighted by Gasteiger charge is 2.36. The zero-order valence-corrected chi connectivity index (χ0v) is 12.3. The summed E-state index contributed by atoms with van der Waals surface area (Å²) in [6, 6.07) is 7.01. The first-order valence-electron chi connectivity index (χ1n) is 6.92. The number of para-hydroxylation sites is 1. The Balaban J connectivity index is 1.99. The molecule has 2 rings (SSSR count). The molecule has 1 unspecified atom stereocenters. The fourth-order valence-corrected chi connectivity index (χ4v) is 2.04. The van der Waals surface area contributed by atoms with Crippen LogP contribution in [0.3, 0.4) is 0 Å². The molecule has 0 fully saturated rings. The van der Waals surface area contributed by atoms with Crippen LogP contribution in [0.15, 0.2) is 42.7 Å². The first kappa shape index (κ1) is 17.5. The fourth-order valence-electron chi connectivity index (χ4n) is 2.04. The minimum atomic E-state index is -4.69. The molecule has 9 heteroatoms. The third kappa shape index (κ3) is 5.11. The van der Waals surface area contributed by atoms with E-state index in [9.17, 15) is 22.8 Å². The van der Waals surface area contributed by atoms with Crippen LogP contribution < -0.4 is 5.32 Å². The van der Waals surface area contributed by atoms with Crippen LogP contribution in [-0.4, -0.2) is 39.0 Å². The second kappa shape index (κ2) is 7.16. The molecule has 0 spiro atoms. The van der Waals surface area contributed by atoms with Gasteiger partial charge < -0.3 is 10.4 Å². The molecule has 1 aromatic heterocycles. The van der Waals surface area contributed by atoms with E-state index in [1.54, 1.807) is 30.5 Å². The first-order chi connectivity index (χ1) is 11.2. The molecule has 2 N–H and O–H groups in total. The Hall–Kier alpha value is -2.84. The molecular formula is C15H14F3N3O3. The minimum Gasteiger partial charge on any atom is -0.480 e. The molecule has 1 heterocycles. The topological polar surface area (TPSA) is 84.2 Å². The third-order valence-corrected chi connectivity index (χ3v) is 3.09. The Morgan fingerprint density at radius 1 is 1.25 bits per heavy atom. The molecule has 0 saturated heterocycles. The molecule has 0 aliphatic carbocycles. The summed E-state index contributed by atoms with van der Waals surface area (Å²) in [5.41, 5.74) is 1.21. The normalized spacial score (nSPS) is 12.6. The molecule has 0 radical (unpaired) electrons. The van der Waals surface area contributed by atoms with Crippen molar-refractivity contribution in [1.82, 2.24) is 15.1 Å². The van der Waals surface area contributed by atoms with Crippen LogP contribution in [0.2, 0.25) is 0 Å². The van der Waals surface area contributed by atoms with Gasteiger partial charge in [0.15, 0.2) is 0 Å². The number of alkyl halides is 3. The lowest BCUT2D eigenvalue weighted by atomic mass is 10.1. The molecule has 1 aromatic carbocycles. The van der Waals surface area contributed by atoms with Crippen LogP contribution in [0.25, 0.3) is 5.69 Å². The van der Waals surface area contributed by atoms with Gasteiger partial charge in [-0.3, -0.25) is 4.79 Å². The van der Waals surface area contributed by atoms with Crippen LogP contribution in [0.4, 0.5) is 13.2 Å². The Bertz CT molecular complexity index is 713. The second-order valence-corrected chi connectivity index (χ2v) is 5.08. The molecule has 2 aromatic rings. The highest BCUT2D eigenvalue weighted by molar-refractivity contribution is 5.84. The van der Waals surface area contributed by atoms with Crippen LogP contribution in [-0.2, 0) is 16.0 Å². The highest BCUT2D eigenvalue weighted by atomic mass is 19.4. The monoisotopic (exact) mass is 341 g/mol. The lowest BCUT2D eigenvalue weighted by Crippen LogP contribution is -2.44. The van der Waals surface area contributed by atoms with Crippen LogP contribution in [0.5, 0.6) is 0 Å². The molecular weight excluding hydrogens is 327 g/mol. The molecule has 0 bridgehead atoms. The number of nitrogens with one attached hydrogen (secondary N) is 1. The van der Waals surface area contributed by atoms with E-state index in [0.717, 1.165) is 5.69 Å². The number of hydrogen-bond acceptors (Lipinski definition) is 3. The number of carbonyl (C=O) groups is 2. The van der Waals surface area contributed by atoms with Gasteiger partial charge in [-0.15, -0.1) is 0 Å². The zero-order valence-electron chi connectivity index (χ0n) is 12.3. The van der Waals surface area contributed by atoms with Gasteiger partial charge in [-0.1, -0.05) is 18.2 Å². The van der Waals surface area contributed by atoms with E-state index >= 15 is 0 Å². The number of aliphatic carboxylic acids is 1. The molecule has 0 saturated carbocycles. The number of rotatable bonds is 6. The van der Waals surface area contributed by atoms with Gasteiger partial charge in [0.25, 0.3) is 0 Å². The number of aromatic nitrogens is 2. The number of carboxylic acid groups (broad SMARTS) is 1. The molecule has 24 heavy (non-hydrogen) atoms. The van der Waals surface area contributed by atoms with E-state index in [1.165, 1.54) is 10.9 Å². The maximum absolute atomic E-state index is 12.3. The van der Waals surface area contributed by atoms with Gasteiger partial charge in [0, 0.05) is 6.20 Å². The van der Waals surface area contributed by atoms with Crippen molar-refractivity contribution in [3.8, 4) is 5.69 Å². The SMILES string of the molecule is O=C(Cc1cnn(-c2ccccc2)c1)NC(CC(F)(F)F)C(=O)O. The van der Waals surface area contributed by atoms with Crippen molar-refractivity contribution in [2.75, 3.05) is 0 Å². The smallest absolute Gasteiger partial charge is 0.391 e. The van der Waals surface area contributed by atoms with E-state index in [-0.39, 0.29) is 6.42 Å². The molecule has 6 nitrogen and oxygen atoms in total. The van der Waals surface area contributed by atoms with E-state index in [4.69, 9.17) is 5.11 Å². The molecule has 0 aliphatic rings. The standard InChI is InChI=1S/C15H14F3N3O3/c16-15(17,18)7-12(14(23)24)20-13(22)6-10-8-19-21(9-10)11-4-2-1-3-5-11/h1-5,8-9,12H,6-7H2,(H,20,22)(H,23,24). The number of carbonyl (C=O) groups excluding carboxylic acids is 1. The molecule has 128 valence electrons. The maximum Gasteiger partial charge on any atom is 0.391 e. The lowest BCUT2D eigenvalue weighted by Gasteiger charge is -2.16. The van der Waals surface area contributed by atoms with Gasteiger partial charge in [0.2, 0.25) is 5.91 Å². The van der Waals surface area contributed by atoms with E-state index in [2.05, 4.69) is 5.10 Å². The summed E-state index contributed by atoms with van der Waals surface area (Å²) in [6.45, 7) is 0. The summed E-state index contributed by atoms with van der Waals surface area (Å²) in [6.07, 6.45) is -3.64. The van der Waals surface area contributed by atoms with Crippen molar-refractivity contribution >= 4 is 11.9 Å². The number of benzene rings is 1. The predicted octanol–water partition coefficient (Wildman–Crippen LogP) is 1.94. The Morgan fingerprint density at radius 2 is 1.92 bits per heavy atom. The zero-order chi connectivity index (χ0) is 17.7. The molecule has 1 amide bonds. The average molecular weight is 341 g/mol. The van der Waals surface area contributed by atoms with Crippen LogP contribution in [0, 0.1) is 0 Å². The van der Waals surface area contributed by atoms with Gasteiger partial charge in [0.1, 0.15) is 6.04 Å². The van der Waals surface area contributed by atoms with Gasteiger partial charge in [-0.2, -0.15) is 18.3 Å². The van der Waals surface area contributed by atoms with E-state index < -0.39 is 30.5 Å². The van der Waals surface area contributed by atoms with Gasteiger partial charge in [-0.05, 0) is 17.7 Å².